The third-order valence-corrected chi connectivity index (χ3v) is 7.50. The molecule has 4 rings (SSSR count). The smallest absolute Gasteiger partial charge is 0.224 e. The van der Waals surface area contributed by atoms with Gasteiger partial charge in [0.05, 0.1) is 17.8 Å². The van der Waals surface area contributed by atoms with Gasteiger partial charge in [-0.25, -0.2) is 22.4 Å². The molecule has 0 spiro atoms. The maximum Gasteiger partial charge on any atom is 0.224 e. The van der Waals surface area contributed by atoms with E-state index in [-0.39, 0.29) is 6.04 Å². The zero-order valence-corrected chi connectivity index (χ0v) is 17.5. The fourth-order valence-electron chi connectivity index (χ4n) is 4.34. The van der Waals surface area contributed by atoms with Crippen LogP contribution < -0.4 is 5.32 Å². The van der Waals surface area contributed by atoms with Crippen molar-refractivity contribution >= 4 is 27.0 Å². The van der Waals surface area contributed by atoms with Crippen LogP contribution >= 0.6 is 0 Å². The maximum absolute atomic E-state index is 11.7. The van der Waals surface area contributed by atoms with Crippen LogP contribution in [0.5, 0.6) is 0 Å². The minimum absolute atomic E-state index is 0.187. The Labute approximate surface area is 166 Å². The van der Waals surface area contributed by atoms with Crippen LogP contribution in [-0.4, -0.2) is 57.9 Å². The number of fused-ring (bicyclic) bond motifs is 1. The van der Waals surface area contributed by atoms with Crippen LogP contribution in [0.2, 0.25) is 0 Å². The van der Waals surface area contributed by atoms with Crippen molar-refractivity contribution in [3.63, 3.8) is 0 Å². The van der Waals surface area contributed by atoms with E-state index in [1.54, 1.807) is 0 Å². The van der Waals surface area contributed by atoms with Gasteiger partial charge in [0.1, 0.15) is 0 Å². The summed E-state index contributed by atoms with van der Waals surface area (Å²) >= 11 is 0. The molecule has 2 aromatic heterocycles. The van der Waals surface area contributed by atoms with E-state index in [9.17, 15) is 8.42 Å². The van der Waals surface area contributed by atoms with Gasteiger partial charge in [-0.1, -0.05) is 19.8 Å². The molecule has 1 aliphatic heterocycles. The number of nitrogens with zero attached hydrogens (tertiary/aromatic N) is 5. The van der Waals surface area contributed by atoms with Crippen LogP contribution in [0.25, 0.3) is 11.0 Å². The van der Waals surface area contributed by atoms with Crippen LogP contribution in [0.15, 0.2) is 12.4 Å². The number of piperidine rings is 1. The lowest BCUT2D eigenvalue weighted by Crippen LogP contribution is -2.42. The molecule has 0 amide bonds. The molecule has 3 heterocycles. The standard InChI is InChI=1S/C19H30N6O2S/c1-14-3-5-15(6-4-14)13-25-18-16(12-21-25)11-20-19(23-18)22-17-7-9-24(10-8-17)28(2,26)27/h11-12,14-15,17H,3-10,13H2,1-2H3,(H,20,22,23). The molecule has 0 atom stereocenters. The Balaban J connectivity index is 1.42. The summed E-state index contributed by atoms with van der Waals surface area (Å²) in [5.74, 6) is 2.12. The predicted molar refractivity (Wildman–Crippen MR) is 110 cm³/mol. The first-order chi connectivity index (χ1) is 13.4. The molecule has 9 heteroatoms. The second kappa shape index (κ2) is 7.94. The van der Waals surface area contributed by atoms with Gasteiger partial charge in [-0.15, -0.1) is 0 Å². The SMILES string of the molecule is CC1CCC(Cn2ncc3cnc(NC4CCN(S(C)(=O)=O)CC4)nc32)CC1. The first-order valence-corrected chi connectivity index (χ1v) is 12.1. The Kier molecular flexibility index (Phi) is 5.55. The van der Waals surface area contributed by atoms with Crippen molar-refractivity contribution in [2.75, 3.05) is 24.7 Å². The summed E-state index contributed by atoms with van der Waals surface area (Å²) in [6.07, 6.45) is 11.6. The van der Waals surface area contributed by atoms with E-state index in [0.717, 1.165) is 36.3 Å². The fraction of sp³-hybridized carbons (Fsp3) is 0.737. The quantitative estimate of drug-likeness (QED) is 0.820. The van der Waals surface area contributed by atoms with Gasteiger partial charge in [0.25, 0.3) is 0 Å². The minimum Gasteiger partial charge on any atom is -0.351 e. The number of hydrogen-bond acceptors (Lipinski definition) is 6. The van der Waals surface area contributed by atoms with E-state index in [4.69, 9.17) is 4.98 Å². The average Bonchev–Trinajstić information content (AvgIpc) is 3.05. The van der Waals surface area contributed by atoms with Gasteiger partial charge in [0, 0.05) is 31.9 Å². The molecule has 0 aromatic carbocycles. The van der Waals surface area contributed by atoms with Gasteiger partial charge in [-0.05, 0) is 37.5 Å². The number of aromatic nitrogens is 4. The van der Waals surface area contributed by atoms with Crippen molar-refractivity contribution in [3.05, 3.63) is 12.4 Å². The molecule has 2 fully saturated rings. The van der Waals surface area contributed by atoms with E-state index >= 15 is 0 Å². The third kappa shape index (κ3) is 4.46. The number of hydrogen-bond donors (Lipinski definition) is 1. The lowest BCUT2D eigenvalue weighted by atomic mass is 9.83. The molecule has 28 heavy (non-hydrogen) atoms. The van der Waals surface area contributed by atoms with Crippen molar-refractivity contribution in [1.29, 1.82) is 0 Å². The zero-order valence-electron chi connectivity index (χ0n) is 16.7. The second-order valence-electron chi connectivity index (χ2n) is 8.51. The maximum atomic E-state index is 11.7. The Morgan fingerprint density at radius 3 is 2.50 bits per heavy atom. The Hall–Kier alpha value is -1.74. The Morgan fingerprint density at radius 1 is 1.11 bits per heavy atom. The molecule has 0 bridgehead atoms. The molecule has 1 saturated heterocycles. The first-order valence-electron chi connectivity index (χ1n) is 10.3. The summed E-state index contributed by atoms with van der Waals surface area (Å²) < 4.78 is 26.9. The highest BCUT2D eigenvalue weighted by Crippen LogP contribution is 2.30. The van der Waals surface area contributed by atoms with Crippen molar-refractivity contribution in [2.24, 2.45) is 11.8 Å². The van der Waals surface area contributed by atoms with E-state index < -0.39 is 10.0 Å². The molecule has 0 unspecified atom stereocenters. The molecule has 8 nitrogen and oxygen atoms in total. The van der Waals surface area contributed by atoms with Gasteiger partial charge in [-0.3, -0.25) is 0 Å². The first kappa shape index (κ1) is 19.6. The van der Waals surface area contributed by atoms with Gasteiger partial charge in [0.15, 0.2) is 5.65 Å². The molecule has 2 aliphatic rings. The number of sulfonamides is 1. The van der Waals surface area contributed by atoms with E-state index in [2.05, 4.69) is 22.3 Å². The second-order valence-corrected chi connectivity index (χ2v) is 10.5. The topological polar surface area (TPSA) is 93.0 Å². The molecule has 0 radical (unpaired) electrons. The van der Waals surface area contributed by atoms with Gasteiger partial charge >= 0.3 is 0 Å². The largest absolute Gasteiger partial charge is 0.351 e. The summed E-state index contributed by atoms with van der Waals surface area (Å²) in [6, 6.07) is 0.187. The summed E-state index contributed by atoms with van der Waals surface area (Å²) in [5, 5.41) is 8.89. The summed E-state index contributed by atoms with van der Waals surface area (Å²) in [6.45, 7) is 4.33. The zero-order chi connectivity index (χ0) is 19.7. The Bertz CT molecular complexity index is 912. The van der Waals surface area contributed by atoms with Gasteiger partial charge in [-0.2, -0.15) is 10.1 Å². The lowest BCUT2D eigenvalue weighted by Gasteiger charge is -2.30. The highest BCUT2D eigenvalue weighted by molar-refractivity contribution is 7.88. The van der Waals surface area contributed by atoms with E-state index in [0.29, 0.717) is 25.0 Å². The predicted octanol–water partition coefficient (Wildman–Crippen LogP) is 2.49. The van der Waals surface area contributed by atoms with Crippen LogP contribution in [-0.2, 0) is 16.6 Å². The molecule has 1 saturated carbocycles. The van der Waals surface area contributed by atoms with Crippen LogP contribution in [0.3, 0.4) is 0 Å². The monoisotopic (exact) mass is 406 g/mol. The highest BCUT2D eigenvalue weighted by Gasteiger charge is 2.25. The molecule has 1 aliphatic carbocycles. The number of rotatable bonds is 5. The molecule has 154 valence electrons. The molecule has 1 N–H and O–H groups in total. The van der Waals surface area contributed by atoms with Crippen LogP contribution in [0.1, 0.15) is 45.4 Å². The minimum atomic E-state index is -3.10. The molecule has 2 aromatic rings. The van der Waals surface area contributed by atoms with Crippen LogP contribution in [0, 0.1) is 11.8 Å². The van der Waals surface area contributed by atoms with Crippen molar-refractivity contribution in [3.8, 4) is 0 Å². The summed E-state index contributed by atoms with van der Waals surface area (Å²) in [7, 11) is -3.10. The number of nitrogens with one attached hydrogen (secondary N) is 1. The third-order valence-electron chi connectivity index (χ3n) is 6.20. The van der Waals surface area contributed by atoms with E-state index in [1.807, 2.05) is 17.1 Å². The van der Waals surface area contributed by atoms with E-state index in [1.165, 1.54) is 36.2 Å². The molecular weight excluding hydrogens is 376 g/mol. The Morgan fingerprint density at radius 2 is 1.82 bits per heavy atom. The van der Waals surface area contributed by atoms with Crippen molar-refractivity contribution < 1.29 is 8.42 Å². The van der Waals surface area contributed by atoms with Gasteiger partial charge < -0.3 is 5.32 Å². The highest BCUT2D eigenvalue weighted by atomic mass is 32.2. The van der Waals surface area contributed by atoms with Crippen molar-refractivity contribution in [1.82, 2.24) is 24.1 Å². The van der Waals surface area contributed by atoms with Crippen LogP contribution in [0.4, 0.5) is 5.95 Å². The average molecular weight is 407 g/mol. The molecular formula is C19H30N6O2S. The fourth-order valence-corrected chi connectivity index (χ4v) is 5.21. The normalized spacial score (nSPS) is 25.2. The lowest BCUT2D eigenvalue weighted by molar-refractivity contribution is 0.260. The van der Waals surface area contributed by atoms with Gasteiger partial charge in [0.2, 0.25) is 16.0 Å². The van der Waals surface area contributed by atoms with Crippen molar-refractivity contribution in [2.45, 2.75) is 58.0 Å². The summed E-state index contributed by atoms with van der Waals surface area (Å²) in [5.41, 5.74) is 0.879. The number of anilines is 1. The summed E-state index contributed by atoms with van der Waals surface area (Å²) in [4.78, 5) is 9.16.